The number of thiophene rings is 1. The number of piperazine rings is 1. The lowest BCUT2D eigenvalue weighted by Gasteiger charge is -2.40. The molecule has 2 aromatic heterocycles. The maximum absolute atomic E-state index is 12.9. The van der Waals surface area contributed by atoms with Crippen LogP contribution < -0.4 is 0 Å². The van der Waals surface area contributed by atoms with Gasteiger partial charge in [-0.2, -0.15) is 0 Å². The predicted molar refractivity (Wildman–Crippen MR) is 128 cm³/mol. The Hall–Kier alpha value is -2.65. The van der Waals surface area contributed by atoms with E-state index in [1.165, 1.54) is 11.8 Å². The number of carbonyl (C=O) groups is 2. The molecular formula is C23H27N5O2S2. The zero-order valence-corrected chi connectivity index (χ0v) is 19.9. The lowest BCUT2D eigenvalue weighted by Crippen LogP contribution is -2.55. The van der Waals surface area contributed by atoms with Crippen LogP contribution in [0.2, 0.25) is 0 Å². The van der Waals surface area contributed by atoms with Gasteiger partial charge in [-0.3, -0.25) is 14.2 Å². The summed E-state index contributed by atoms with van der Waals surface area (Å²) in [4.78, 5) is 30.0. The molecule has 1 unspecified atom stereocenters. The molecule has 0 radical (unpaired) electrons. The number of hydrogen-bond donors (Lipinski definition) is 0. The van der Waals surface area contributed by atoms with E-state index in [4.69, 9.17) is 0 Å². The van der Waals surface area contributed by atoms with Gasteiger partial charge in [0.25, 0.3) is 0 Å². The van der Waals surface area contributed by atoms with Gasteiger partial charge in [0.2, 0.25) is 11.8 Å². The molecule has 4 rings (SSSR count). The van der Waals surface area contributed by atoms with Gasteiger partial charge in [-0.15, -0.1) is 21.5 Å². The molecular weight excluding hydrogens is 442 g/mol. The second-order valence-electron chi connectivity index (χ2n) is 7.77. The Labute approximate surface area is 196 Å². The summed E-state index contributed by atoms with van der Waals surface area (Å²) >= 11 is 3.01. The van der Waals surface area contributed by atoms with Crippen LogP contribution >= 0.6 is 23.1 Å². The first-order chi connectivity index (χ1) is 15.6. The first-order valence-corrected chi connectivity index (χ1v) is 12.7. The van der Waals surface area contributed by atoms with Crippen LogP contribution in [0.15, 0.2) is 53.0 Å². The molecule has 1 saturated heterocycles. The van der Waals surface area contributed by atoms with Gasteiger partial charge >= 0.3 is 0 Å². The van der Waals surface area contributed by atoms with Crippen molar-refractivity contribution in [3.63, 3.8) is 0 Å². The Bertz CT molecular complexity index is 1050. The Kier molecular flexibility index (Phi) is 7.26. The van der Waals surface area contributed by atoms with Crippen LogP contribution in [-0.4, -0.2) is 67.8 Å². The first kappa shape index (κ1) is 22.5. The van der Waals surface area contributed by atoms with Crippen LogP contribution in [0.5, 0.6) is 0 Å². The quantitative estimate of drug-likeness (QED) is 0.490. The lowest BCUT2D eigenvalue weighted by atomic mass is 10.1. The summed E-state index contributed by atoms with van der Waals surface area (Å²) in [6, 6.07) is 14.0. The van der Waals surface area contributed by atoms with Gasteiger partial charge < -0.3 is 9.80 Å². The molecule has 0 spiro atoms. The van der Waals surface area contributed by atoms with E-state index in [0.717, 1.165) is 22.8 Å². The summed E-state index contributed by atoms with van der Waals surface area (Å²) in [6.45, 7) is 5.77. The molecule has 0 saturated carbocycles. The fourth-order valence-corrected chi connectivity index (χ4v) is 5.42. The third kappa shape index (κ3) is 4.88. The van der Waals surface area contributed by atoms with Crippen molar-refractivity contribution in [2.75, 3.05) is 25.4 Å². The van der Waals surface area contributed by atoms with E-state index in [0.29, 0.717) is 31.2 Å². The second kappa shape index (κ2) is 10.3. The highest BCUT2D eigenvalue weighted by atomic mass is 32.2. The summed E-state index contributed by atoms with van der Waals surface area (Å²) in [7, 11) is 0. The Morgan fingerprint density at radius 1 is 1.09 bits per heavy atom. The number of nitrogens with zero attached hydrogens (tertiary/aromatic N) is 5. The second-order valence-corrected chi connectivity index (χ2v) is 9.66. The number of amides is 2. The van der Waals surface area contributed by atoms with Crippen molar-refractivity contribution in [1.29, 1.82) is 0 Å². The number of aromatic nitrogens is 3. The van der Waals surface area contributed by atoms with Gasteiger partial charge in [0.15, 0.2) is 11.0 Å². The topological polar surface area (TPSA) is 71.3 Å². The van der Waals surface area contributed by atoms with Gasteiger partial charge in [-0.1, -0.05) is 43.0 Å². The number of benzene rings is 1. The smallest absolute Gasteiger partial charge is 0.233 e. The van der Waals surface area contributed by atoms with E-state index >= 15 is 0 Å². The zero-order valence-electron chi connectivity index (χ0n) is 18.3. The standard InChI is InChI=1S/C23H27N5O2S2/c1-3-8-20(29)27-13-12-26(15-17(27)2)21(30)16-32-23-25-24-22(19-11-7-14-31-19)28(23)18-9-5-4-6-10-18/h4-7,9-11,14,17H,3,8,12-13,15-16H2,1-2H3. The lowest BCUT2D eigenvalue weighted by molar-refractivity contribution is -0.141. The molecule has 3 aromatic rings. The van der Waals surface area contributed by atoms with Crippen LogP contribution in [0, 0.1) is 0 Å². The summed E-state index contributed by atoms with van der Waals surface area (Å²) in [5, 5.41) is 11.5. The van der Waals surface area contributed by atoms with Crippen LogP contribution in [0.4, 0.5) is 0 Å². The Morgan fingerprint density at radius 2 is 1.91 bits per heavy atom. The maximum Gasteiger partial charge on any atom is 0.233 e. The van der Waals surface area contributed by atoms with Crippen molar-refractivity contribution in [3.05, 3.63) is 47.8 Å². The molecule has 0 aliphatic carbocycles. The van der Waals surface area contributed by atoms with E-state index in [-0.39, 0.29) is 23.6 Å². The van der Waals surface area contributed by atoms with Gasteiger partial charge in [-0.05, 0) is 36.9 Å². The van der Waals surface area contributed by atoms with Crippen molar-refractivity contribution in [1.82, 2.24) is 24.6 Å². The largest absolute Gasteiger partial charge is 0.338 e. The van der Waals surface area contributed by atoms with Crippen LogP contribution in [0.3, 0.4) is 0 Å². The van der Waals surface area contributed by atoms with Crippen LogP contribution in [0.25, 0.3) is 16.4 Å². The van der Waals surface area contributed by atoms with E-state index in [1.54, 1.807) is 11.3 Å². The maximum atomic E-state index is 12.9. The van der Waals surface area contributed by atoms with Crippen molar-refractivity contribution in [2.45, 2.75) is 37.9 Å². The fraction of sp³-hybridized carbons (Fsp3) is 0.391. The summed E-state index contributed by atoms with van der Waals surface area (Å²) in [5.74, 6) is 1.30. The Morgan fingerprint density at radius 3 is 2.59 bits per heavy atom. The minimum atomic E-state index is 0.0372. The molecule has 1 aliphatic heterocycles. The number of para-hydroxylation sites is 1. The van der Waals surface area contributed by atoms with E-state index < -0.39 is 0 Å². The summed E-state index contributed by atoms with van der Waals surface area (Å²) in [5.41, 5.74) is 0.965. The monoisotopic (exact) mass is 469 g/mol. The molecule has 1 aromatic carbocycles. The van der Waals surface area contributed by atoms with E-state index in [9.17, 15) is 9.59 Å². The third-order valence-corrected chi connectivity index (χ3v) is 7.26. The number of thioether (sulfide) groups is 1. The van der Waals surface area contributed by atoms with Crippen molar-refractivity contribution in [3.8, 4) is 16.4 Å². The van der Waals surface area contributed by atoms with Gasteiger partial charge in [0.05, 0.1) is 10.6 Å². The van der Waals surface area contributed by atoms with E-state index in [1.807, 2.05) is 76.1 Å². The molecule has 0 bridgehead atoms. The summed E-state index contributed by atoms with van der Waals surface area (Å²) < 4.78 is 2.01. The van der Waals surface area contributed by atoms with Gasteiger partial charge in [0.1, 0.15) is 0 Å². The van der Waals surface area contributed by atoms with Gasteiger partial charge in [0, 0.05) is 37.8 Å². The van der Waals surface area contributed by atoms with Crippen molar-refractivity contribution >= 4 is 34.9 Å². The average molecular weight is 470 g/mol. The van der Waals surface area contributed by atoms with Crippen molar-refractivity contribution in [2.24, 2.45) is 0 Å². The SMILES string of the molecule is CCCC(=O)N1CCN(C(=O)CSc2nnc(-c3cccs3)n2-c2ccccc2)CC1C. The zero-order chi connectivity index (χ0) is 22.5. The first-order valence-electron chi connectivity index (χ1n) is 10.8. The van der Waals surface area contributed by atoms with E-state index in [2.05, 4.69) is 10.2 Å². The molecule has 0 N–H and O–H groups in total. The van der Waals surface area contributed by atoms with Gasteiger partial charge in [-0.25, -0.2) is 0 Å². The minimum Gasteiger partial charge on any atom is -0.338 e. The Balaban J connectivity index is 1.45. The fourth-order valence-electron chi connectivity index (χ4n) is 3.87. The molecule has 168 valence electrons. The van der Waals surface area contributed by atoms with Crippen LogP contribution in [0.1, 0.15) is 26.7 Å². The molecule has 1 atom stereocenters. The number of hydrogen-bond acceptors (Lipinski definition) is 6. The highest BCUT2D eigenvalue weighted by Gasteiger charge is 2.29. The molecule has 1 aliphatic rings. The average Bonchev–Trinajstić information content (AvgIpc) is 3.48. The molecule has 2 amide bonds. The normalized spacial score (nSPS) is 16.4. The predicted octanol–water partition coefficient (Wildman–Crippen LogP) is 3.95. The number of carbonyl (C=O) groups excluding carboxylic acids is 2. The minimum absolute atomic E-state index is 0.0372. The van der Waals surface area contributed by atoms with Crippen molar-refractivity contribution < 1.29 is 9.59 Å². The molecule has 1 fully saturated rings. The van der Waals surface area contributed by atoms with Crippen LogP contribution in [-0.2, 0) is 9.59 Å². The molecule has 9 heteroatoms. The molecule has 7 nitrogen and oxygen atoms in total. The highest BCUT2D eigenvalue weighted by Crippen LogP contribution is 2.30. The summed E-state index contributed by atoms with van der Waals surface area (Å²) in [6.07, 6.45) is 1.41. The molecule has 3 heterocycles. The number of rotatable bonds is 7. The molecule has 32 heavy (non-hydrogen) atoms. The third-order valence-electron chi connectivity index (χ3n) is 5.48. The highest BCUT2D eigenvalue weighted by molar-refractivity contribution is 7.99.